The Bertz CT molecular complexity index is 668. The SMILES string of the molecule is O=C1CN(Cc2ccc(F)cc2)C(c2ccccc2)=NN1. The zero-order valence-corrected chi connectivity index (χ0v) is 11.3. The summed E-state index contributed by atoms with van der Waals surface area (Å²) in [5, 5.41) is 4.14. The lowest BCUT2D eigenvalue weighted by atomic mass is 10.1. The van der Waals surface area contributed by atoms with Gasteiger partial charge in [0.15, 0.2) is 5.84 Å². The summed E-state index contributed by atoms with van der Waals surface area (Å²) >= 11 is 0. The van der Waals surface area contributed by atoms with Crippen molar-refractivity contribution in [2.75, 3.05) is 6.54 Å². The smallest absolute Gasteiger partial charge is 0.259 e. The Labute approximate surface area is 121 Å². The molecule has 0 atom stereocenters. The van der Waals surface area contributed by atoms with Crippen molar-refractivity contribution < 1.29 is 9.18 Å². The van der Waals surface area contributed by atoms with Crippen LogP contribution in [0.2, 0.25) is 0 Å². The highest BCUT2D eigenvalue weighted by molar-refractivity contribution is 6.02. The molecule has 0 unspecified atom stereocenters. The minimum absolute atomic E-state index is 0.156. The summed E-state index contributed by atoms with van der Waals surface area (Å²) < 4.78 is 13.0. The minimum Gasteiger partial charge on any atom is -0.341 e. The molecule has 1 amide bonds. The third-order valence-electron chi connectivity index (χ3n) is 3.24. The van der Waals surface area contributed by atoms with Crippen LogP contribution in [0.5, 0.6) is 0 Å². The van der Waals surface area contributed by atoms with Crippen molar-refractivity contribution in [3.05, 3.63) is 71.5 Å². The number of amides is 1. The van der Waals surface area contributed by atoms with Gasteiger partial charge in [-0.25, -0.2) is 9.82 Å². The fourth-order valence-electron chi connectivity index (χ4n) is 2.24. The van der Waals surface area contributed by atoms with Crippen molar-refractivity contribution in [3.8, 4) is 0 Å². The van der Waals surface area contributed by atoms with Crippen molar-refractivity contribution in [2.45, 2.75) is 6.54 Å². The summed E-state index contributed by atoms with van der Waals surface area (Å²) in [4.78, 5) is 13.5. The lowest BCUT2D eigenvalue weighted by molar-refractivity contribution is -0.122. The molecule has 5 heteroatoms. The van der Waals surface area contributed by atoms with Crippen LogP contribution < -0.4 is 5.43 Å². The van der Waals surface area contributed by atoms with E-state index >= 15 is 0 Å². The quantitative estimate of drug-likeness (QED) is 0.937. The highest BCUT2D eigenvalue weighted by Gasteiger charge is 2.21. The van der Waals surface area contributed by atoms with Crippen molar-refractivity contribution >= 4 is 11.7 Å². The molecule has 0 bridgehead atoms. The van der Waals surface area contributed by atoms with Gasteiger partial charge in [-0.05, 0) is 17.7 Å². The summed E-state index contributed by atoms with van der Waals surface area (Å²) in [6.45, 7) is 0.729. The van der Waals surface area contributed by atoms with Gasteiger partial charge >= 0.3 is 0 Å². The molecule has 1 aliphatic rings. The Kier molecular flexibility index (Phi) is 3.64. The van der Waals surface area contributed by atoms with Gasteiger partial charge in [0.25, 0.3) is 5.91 Å². The number of hydrogen-bond acceptors (Lipinski definition) is 3. The van der Waals surface area contributed by atoms with E-state index in [2.05, 4.69) is 10.5 Å². The van der Waals surface area contributed by atoms with Crippen LogP contribution in [0.25, 0.3) is 0 Å². The molecule has 2 aromatic rings. The van der Waals surface area contributed by atoms with Crippen LogP contribution in [0.1, 0.15) is 11.1 Å². The maximum absolute atomic E-state index is 13.0. The average molecular weight is 283 g/mol. The second-order valence-corrected chi connectivity index (χ2v) is 4.82. The van der Waals surface area contributed by atoms with E-state index in [1.807, 2.05) is 35.2 Å². The molecule has 3 rings (SSSR count). The molecule has 0 fully saturated rings. The van der Waals surface area contributed by atoms with E-state index < -0.39 is 0 Å². The molecule has 1 heterocycles. The second-order valence-electron chi connectivity index (χ2n) is 4.82. The summed E-state index contributed by atoms with van der Waals surface area (Å²) in [7, 11) is 0. The van der Waals surface area contributed by atoms with E-state index in [1.54, 1.807) is 12.1 Å². The van der Waals surface area contributed by atoms with Gasteiger partial charge in [0.2, 0.25) is 0 Å². The van der Waals surface area contributed by atoms with Crippen molar-refractivity contribution in [2.24, 2.45) is 5.10 Å². The molecule has 21 heavy (non-hydrogen) atoms. The third-order valence-corrected chi connectivity index (χ3v) is 3.24. The number of nitrogens with one attached hydrogen (secondary N) is 1. The van der Waals surface area contributed by atoms with Crippen molar-refractivity contribution in [1.82, 2.24) is 10.3 Å². The van der Waals surface area contributed by atoms with Crippen LogP contribution >= 0.6 is 0 Å². The lowest BCUT2D eigenvalue weighted by Gasteiger charge is -2.28. The maximum Gasteiger partial charge on any atom is 0.259 e. The van der Waals surface area contributed by atoms with Gasteiger partial charge in [-0.1, -0.05) is 42.5 Å². The topological polar surface area (TPSA) is 44.7 Å². The monoisotopic (exact) mass is 283 g/mol. The molecule has 1 N–H and O–H groups in total. The van der Waals surface area contributed by atoms with Crippen LogP contribution in [0, 0.1) is 5.82 Å². The summed E-state index contributed by atoms with van der Waals surface area (Å²) in [6.07, 6.45) is 0. The van der Waals surface area contributed by atoms with Crippen LogP contribution in [0.3, 0.4) is 0 Å². The zero-order valence-electron chi connectivity index (χ0n) is 11.3. The Hall–Kier alpha value is -2.69. The number of carbonyl (C=O) groups is 1. The highest BCUT2D eigenvalue weighted by Crippen LogP contribution is 2.13. The van der Waals surface area contributed by atoms with Gasteiger partial charge in [0.1, 0.15) is 12.4 Å². The van der Waals surface area contributed by atoms with E-state index in [1.165, 1.54) is 12.1 Å². The van der Waals surface area contributed by atoms with Crippen molar-refractivity contribution in [1.29, 1.82) is 0 Å². The molecular formula is C16H14FN3O. The third kappa shape index (κ3) is 3.08. The van der Waals surface area contributed by atoms with E-state index in [4.69, 9.17) is 0 Å². The molecule has 0 aliphatic carbocycles. The van der Waals surface area contributed by atoms with Gasteiger partial charge in [-0.15, -0.1) is 0 Å². The zero-order chi connectivity index (χ0) is 14.7. The first-order chi connectivity index (χ1) is 10.2. The van der Waals surface area contributed by atoms with Gasteiger partial charge < -0.3 is 4.90 Å². The highest BCUT2D eigenvalue weighted by atomic mass is 19.1. The van der Waals surface area contributed by atoms with E-state index in [0.717, 1.165) is 11.1 Å². The summed E-state index contributed by atoms with van der Waals surface area (Å²) in [6, 6.07) is 15.9. The number of nitrogens with zero attached hydrogens (tertiary/aromatic N) is 2. The molecular weight excluding hydrogens is 269 g/mol. The normalized spacial score (nSPS) is 14.6. The van der Waals surface area contributed by atoms with Crippen LogP contribution in [-0.2, 0) is 11.3 Å². The molecule has 0 saturated heterocycles. The van der Waals surface area contributed by atoms with Crippen LogP contribution in [0.4, 0.5) is 4.39 Å². The molecule has 4 nitrogen and oxygen atoms in total. The number of rotatable bonds is 3. The van der Waals surface area contributed by atoms with E-state index in [-0.39, 0.29) is 18.3 Å². The number of benzene rings is 2. The molecule has 106 valence electrons. The van der Waals surface area contributed by atoms with Crippen LogP contribution in [-0.4, -0.2) is 23.2 Å². The van der Waals surface area contributed by atoms with Gasteiger partial charge in [-0.3, -0.25) is 4.79 Å². The standard InChI is InChI=1S/C16H14FN3O/c17-14-8-6-12(7-9-14)10-20-11-15(21)18-19-16(20)13-4-2-1-3-5-13/h1-9H,10-11H2,(H,18,21). The second kappa shape index (κ2) is 5.75. The maximum atomic E-state index is 13.0. The molecule has 0 spiro atoms. The first kappa shape index (κ1) is 13.3. The van der Waals surface area contributed by atoms with Crippen molar-refractivity contribution in [3.63, 3.8) is 0 Å². The predicted molar refractivity (Wildman–Crippen MR) is 77.9 cm³/mol. The first-order valence-electron chi connectivity index (χ1n) is 6.64. The fourth-order valence-corrected chi connectivity index (χ4v) is 2.24. The predicted octanol–water partition coefficient (Wildman–Crippen LogP) is 2.12. The summed E-state index contributed by atoms with van der Waals surface area (Å²) in [5.41, 5.74) is 4.36. The summed E-state index contributed by atoms with van der Waals surface area (Å²) in [5.74, 6) is 0.281. The first-order valence-corrected chi connectivity index (χ1v) is 6.64. The number of carbonyl (C=O) groups excluding carboxylic acids is 1. The molecule has 0 aromatic heterocycles. The Balaban J connectivity index is 1.87. The number of hydrogen-bond donors (Lipinski definition) is 1. The molecule has 2 aromatic carbocycles. The average Bonchev–Trinajstić information content (AvgIpc) is 2.51. The largest absolute Gasteiger partial charge is 0.341 e. The fraction of sp³-hybridized carbons (Fsp3) is 0.125. The minimum atomic E-state index is -0.271. The number of hydrazone groups is 1. The molecule has 1 aliphatic heterocycles. The van der Waals surface area contributed by atoms with Crippen LogP contribution in [0.15, 0.2) is 59.7 Å². The molecule has 0 saturated carbocycles. The number of halogens is 1. The number of amidine groups is 1. The van der Waals surface area contributed by atoms with Gasteiger partial charge in [-0.2, -0.15) is 5.10 Å². The van der Waals surface area contributed by atoms with E-state index in [0.29, 0.717) is 12.4 Å². The van der Waals surface area contributed by atoms with Gasteiger partial charge in [0, 0.05) is 12.1 Å². The van der Waals surface area contributed by atoms with Gasteiger partial charge in [0.05, 0.1) is 0 Å². The Morgan fingerprint density at radius 1 is 1.10 bits per heavy atom. The lowest BCUT2D eigenvalue weighted by Crippen LogP contribution is -2.45. The molecule has 0 radical (unpaired) electrons. The Morgan fingerprint density at radius 2 is 1.81 bits per heavy atom. The van der Waals surface area contributed by atoms with E-state index in [9.17, 15) is 9.18 Å². The Morgan fingerprint density at radius 3 is 2.52 bits per heavy atom.